The summed E-state index contributed by atoms with van der Waals surface area (Å²) in [4.78, 5) is 16.7. The quantitative estimate of drug-likeness (QED) is 0.437. The maximum atomic E-state index is 12.8. The average Bonchev–Trinajstić information content (AvgIpc) is 2.92. The number of carbonyl (C=O) groups is 1. The molecule has 0 unspecified atom stereocenters. The summed E-state index contributed by atoms with van der Waals surface area (Å²) >= 11 is 6.31. The van der Waals surface area contributed by atoms with E-state index < -0.39 is 16.1 Å². The van der Waals surface area contributed by atoms with E-state index in [1.807, 2.05) is 54.6 Å². The number of methoxy groups -OCH3 is 1. The molecule has 1 fully saturated rings. The van der Waals surface area contributed by atoms with Gasteiger partial charge in [0, 0.05) is 32.2 Å². The SMILES string of the molecule is COc1ccccc1N1CCN(C(=O)COc2ccc(S(=O)(=O)N[C@H](C)c3ccccc3)cc2Cl)CC1. The van der Waals surface area contributed by atoms with Crippen LogP contribution in [0.25, 0.3) is 0 Å². The summed E-state index contributed by atoms with van der Waals surface area (Å²) in [5.74, 6) is 0.888. The topological polar surface area (TPSA) is 88.2 Å². The predicted molar refractivity (Wildman–Crippen MR) is 144 cm³/mol. The maximum absolute atomic E-state index is 12.8. The van der Waals surface area contributed by atoms with Crippen LogP contribution in [0.2, 0.25) is 5.02 Å². The molecule has 37 heavy (non-hydrogen) atoms. The van der Waals surface area contributed by atoms with Crippen LogP contribution in [-0.4, -0.2) is 59.1 Å². The van der Waals surface area contributed by atoms with Crippen molar-refractivity contribution in [3.8, 4) is 11.5 Å². The number of anilines is 1. The largest absolute Gasteiger partial charge is 0.495 e. The lowest BCUT2D eigenvalue weighted by Crippen LogP contribution is -2.50. The van der Waals surface area contributed by atoms with E-state index in [0.717, 1.165) is 17.0 Å². The first-order valence-corrected chi connectivity index (χ1v) is 13.8. The molecule has 3 aromatic carbocycles. The van der Waals surface area contributed by atoms with Crippen molar-refractivity contribution in [3.63, 3.8) is 0 Å². The van der Waals surface area contributed by atoms with Crippen LogP contribution in [0.3, 0.4) is 0 Å². The number of amides is 1. The Morgan fingerprint density at radius 2 is 1.65 bits per heavy atom. The number of benzene rings is 3. The van der Waals surface area contributed by atoms with Gasteiger partial charge in [-0.3, -0.25) is 4.79 Å². The Hall–Kier alpha value is -3.27. The molecule has 0 bridgehead atoms. The number of para-hydroxylation sites is 2. The van der Waals surface area contributed by atoms with E-state index in [1.54, 1.807) is 18.9 Å². The number of nitrogens with zero attached hydrogens (tertiary/aromatic N) is 2. The molecule has 4 rings (SSSR count). The summed E-state index contributed by atoms with van der Waals surface area (Å²) in [6, 6.07) is 20.9. The second kappa shape index (κ2) is 11.9. The number of ether oxygens (including phenoxy) is 2. The zero-order chi connectivity index (χ0) is 26.4. The Morgan fingerprint density at radius 3 is 2.32 bits per heavy atom. The molecule has 0 saturated carbocycles. The molecule has 1 aliphatic heterocycles. The zero-order valence-corrected chi connectivity index (χ0v) is 22.3. The van der Waals surface area contributed by atoms with Crippen LogP contribution in [0, 0.1) is 0 Å². The second-order valence-corrected chi connectivity index (χ2v) is 10.8. The van der Waals surface area contributed by atoms with Crippen molar-refractivity contribution in [2.24, 2.45) is 0 Å². The first-order valence-electron chi connectivity index (χ1n) is 11.9. The van der Waals surface area contributed by atoms with Crippen LogP contribution >= 0.6 is 11.6 Å². The smallest absolute Gasteiger partial charge is 0.260 e. The summed E-state index contributed by atoms with van der Waals surface area (Å²) in [6.07, 6.45) is 0. The van der Waals surface area contributed by atoms with Crippen molar-refractivity contribution >= 4 is 33.2 Å². The Kier molecular flexibility index (Phi) is 8.58. The van der Waals surface area contributed by atoms with Crippen LogP contribution in [-0.2, 0) is 14.8 Å². The third-order valence-corrected chi connectivity index (χ3v) is 8.09. The molecule has 1 heterocycles. The van der Waals surface area contributed by atoms with Gasteiger partial charge in [-0.05, 0) is 42.8 Å². The first kappa shape index (κ1) is 26.8. The number of rotatable bonds is 9. The van der Waals surface area contributed by atoms with Gasteiger partial charge in [0.1, 0.15) is 11.5 Å². The van der Waals surface area contributed by atoms with Gasteiger partial charge in [0.2, 0.25) is 10.0 Å². The van der Waals surface area contributed by atoms with Gasteiger partial charge in [0.15, 0.2) is 6.61 Å². The highest BCUT2D eigenvalue weighted by atomic mass is 35.5. The van der Waals surface area contributed by atoms with Crippen molar-refractivity contribution in [1.29, 1.82) is 0 Å². The number of piperazine rings is 1. The number of sulfonamides is 1. The van der Waals surface area contributed by atoms with E-state index in [2.05, 4.69) is 9.62 Å². The average molecular weight is 544 g/mol. The maximum Gasteiger partial charge on any atom is 0.260 e. The lowest BCUT2D eigenvalue weighted by molar-refractivity contribution is -0.133. The number of carbonyl (C=O) groups excluding carboxylic acids is 1. The molecule has 10 heteroatoms. The van der Waals surface area contributed by atoms with E-state index in [9.17, 15) is 13.2 Å². The minimum absolute atomic E-state index is 0.0198. The molecular weight excluding hydrogens is 514 g/mol. The fourth-order valence-corrected chi connectivity index (χ4v) is 5.75. The minimum atomic E-state index is -3.81. The Morgan fingerprint density at radius 1 is 0.973 bits per heavy atom. The highest BCUT2D eigenvalue weighted by Gasteiger charge is 2.24. The molecule has 8 nitrogen and oxygen atoms in total. The van der Waals surface area contributed by atoms with E-state index in [-0.39, 0.29) is 28.2 Å². The Balaban J connectivity index is 1.32. The van der Waals surface area contributed by atoms with E-state index in [0.29, 0.717) is 26.2 Å². The fourth-order valence-electron chi connectivity index (χ4n) is 4.19. The monoisotopic (exact) mass is 543 g/mol. The highest BCUT2D eigenvalue weighted by molar-refractivity contribution is 7.89. The number of halogens is 1. The van der Waals surface area contributed by atoms with Crippen molar-refractivity contribution in [2.75, 3.05) is 44.8 Å². The zero-order valence-electron chi connectivity index (χ0n) is 20.8. The fraction of sp³-hybridized carbons (Fsp3) is 0.296. The molecule has 3 aromatic rings. The van der Waals surface area contributed by atoms with Crippen LogP contribution < -0.4 is 19.1 Å². The molecule has 0 spiro atoms. The predicted octanol–water partition coefficient (Wildman–Crippen LogP) is 4.12. The van der Waals surface area contributed by atoms with E-state index >= 15 is 0 Å². The molecule has 196 valence electrons. The third kappa shape index (κ3) is 6.54. The van der Waals surface area contributed by atoms with Gasteiger partial charge in [-0.15, -0.1) is 0 Å². The van der Waals surface area contributed by atoms with Gasteiger partial charge < -0.3 is 19.3 Å². The van der Waals surface area contributed by atoms with Gasteiger partial charge in [-0.25, -0.2) is 13.1 Å². The summed E-state index contributed by atoms with van der Waals surface area (Å²) in [5.41, 5.74) is 1.85. The summed E-state index contributed by atoms with van der Waals surface area (Å²) < 4.78 is 39.4. The van der Waals surface area contributed by atoms with Crippen molar-refractivity contribution in [2.45, 2.75) is 17.9 Å². The molecular formula is C27H30ClN3O5S. The van der Waals surface area contributed by atoms with Crippen LogP contribution in [0.4, 0.5) is 5.69 Å². The van der Waals surface area contributed by atoms with E-state index in [1.165, 1.54) is 18.2 Å². The molecule has 1 amide bonds. The van der Waals surface area contributed by atoms with Gasteiger partial charge in [-0.2, -0.15) is 0 Å². The van der Waals surface area contributed by atoms with Crippen molar-refractivity contribution in [1.82, 2.24) is 9.62 Å². The summed E-state index contributed by atoms with van der Waals surface area (Å²) in [5, 5.41) is 0.115. The molecule has 0 aliphatic carbocycles. The summed E-state index contributed by atoms with van der Waals surface area (Å²) in [6.45, 7) is 4.03. The number of hydrogen-bond acceptors (Lipinski definition) is 6. The lowest BCUT2D eigenvalue weighted by Gasteiger charge is -2.36. The van der Waals surface area contributed by atoms with Gasteiger partial charge in [0.05, 0.1) is 22.7 Å². The van der Waals surface area contributed by atoms with Crippen LogP contribution in [0.1, 0.15) is 18.5 Å². The Bertz CT molecular complexity index is 1330. The summed E-state index contributed by atoms with van der Waals surface area (Å²) in [7, 11) is -2.16. The molecule has 1 aliphatic rings. The van der Waals surface area contributed by atoms with Crippen LogP contribution in [0.15, 0.2) is 77.7 Å². The van der Waals surface area contributed by atoms with Gasteiger partial charge in [-0.1, -0.05) is 54.1 Å². The molecule has 1 N–H and O–H groups in total. The van der Waals surface area contributed by atoms with Crippen molar-refractivity contribution < 1.29 is 22.7 Å². The molecule has 1 saturated heterocycles. The molecule has 1 atom stereocenters. The van der Waals surface area contributed by atoms with Crippen LogP contribution in [0.5, 0.6) is 11.5 Å². The number of nitrogens with one attached hydrogen (secondary N) is 1. The molecule has 0 aromatic heterocycles. The highest BCUT2D eigenvalue weighted by Crippen LogP contribution is 2.30. The lowest BCUT2D eigenvalue weighted by atomic mass is 10.1. The van der Waals surface area contributed by atoms with Gasteiger partial charge in [0.25, 0.3) is 5.91 Å². The third-order valence-electron chi connectivity index (χ3n) is 6.25. The minimum Gasteiger partial charge on any atom is -0.495 e. The molecule has 0 radical (unpaired) electrons. The Labute approximate surface area is 222 Å². The first-order chi connectivity index (χ1) is 17.8. The second-order valence-electron chi connectivity index (χ2n) is 8.67. The standard InChI is InChI=1S/C27H30ClN3O5S/c1-20(21-8-4-3-5-9-21)29-37(33,34)22-12-13-25(23(28)18-22)36-19-27(32)31-16-14-30(15-17-31)24-10-6-7-11-26(24)35-2/h3-13,18,20,29H,14-17,19H2,1-2H3/t20-/m1/s1. The van der Waals surface area contributed by atoms with E-state index in [4.69, 9.17) is 21.1 Å². The normalized spacial score (nSPS) is 14.8. The van der Waals surface area contributed by atoms with Gasteiger partial charge >= 0.3 is 0 Å². The van der Waals surface area contributed by atoms with Crippen molar-refractivity contribution in [3.05, 3.63) is 83.4 Å². The number of hydrogen-bond donors (Lipinski definition) is 1.